The van der Waals surface area contributed by atoms with Crippen molar-refractivity contribution in [2.24, 2.45) is 11.8 Å². The fourth-order valence-corrected chi connectivity index (χ4v) is 2.39. The van der Waals surface area contributed by atoms with Gasteiger partial charge in [-0.1, -0.05) is 13.8 Å². The first-order valence-electron chi connectivity index (χ1n) is 7.15. The third-order valence-corrected chi connectivity index (χ3v) is 3.40. The molecule has 108 valence electrons. The van der Waals surface area contributed by atoms with Gasteiger partial charge < -0.3 is 20.3 Å². The second kappa shape index (κ2) is 8.10. The van der Waals surface area contributed by atoms with Crippen LogP contribution in [0, 0.1) is 11.8 Å². The van der Waals surface area contributed by atoms with E-state index in [1.807, 2.05) is 0 Å². The van der Waals surface area contributed by atoms with E-state index in [0.29, 0.717) is 25.0 Å². The van der Waals surface area contributed by atoms with E-state index in [2.05, 4.69) is 26.1 Å². The van der Waals surface area contributed by atoms with Gasteiger partial charge in [0.2, 0.25) is 0 Å². The predicted octanol–water partition coefficient (Wildman–Crippen LogP) is 1.16. The minimum Gasteiger partial charge on any atom is -0.393 e. The van der Waals surface area contributed by atoms with Gasteiger partial charge in [-0.3, -0.25) is 0 Å². The zero-order chi connectivity index (χ0) is 13.5. The van der Waals surface area contributed by atoms with Crippen molar-refractivity contribution in [3.63, 3.8) is 0 Å². The molecule has 0 radical (unpaired) electrons. The molecule has 0 heterocycles. The molecule has 18 heavy (non-hydrogen) atoms. The maximum Gasteiger partial charge on any atom is 0.0897 e. The SMILES string of the molecule is CC(C)CC(C)OCC(O)CNCC1CC(O)C1. The molecule has 0 saturated heterocycles. The lowest BCUT2D eigenvalue weighted by Gasteiger charge is -2.31. The van der Waals surface area contributed by atoms with Gasteiger partial charge in [-0.2, -0.15) is 0 Å². The number of hydrogen-bond donors (Lipinski definition) is 3. The summed E-state index contributed by atoms with van der Waals surface area (Å²) in [5.74, 6) is 1.20. The Bertz CT molecular complexity index is 217. The van der Waals surface area contributed by atoms with Crippen LogP contribution in [0.5, 0.6) is 0 Å². The second-order valence-electron chi connectivity index (χ2n) is 6.08. The summed E-state index contributed by atoms with van der Waals surface area (Å²) in [4.78, 5) is 0. The molecule has 1 saturated carbocycles. The smallest absolute Gasteiger partial charge is 0.0897 e. The van der Waals surface area contributed by atoms with E-state index >= 15 is 0 Å². The van der Waals surface area contributed by atoms with Crippen molar-refractivity contribution in [2.75, 3.05) is 19.7 Å². The third kappa shape index (κ3) is 6.69. The molecular formula is C14H29NO3. The molecule has 2 atom stereocenters. The quantitative estimate of drug-likeness (QED) is 0.581. The van der Waals surface area contributed by atoms with E-state index < -0.39 is 6.10 Å². The van der Waals surface area contributed by atoms with Crippen molar-refractivity contribution in [2.45, 2.75) is 58.3 Å². The van der Waals surface area contributed by atoms with Gasteiger partial charge in [-0.15, -0.1) is 0 Å². The molecule has 1 rings (SSSR count). The number of aliphatic hydroxyl groups is 2. The highest BCUT2D eigenvalue weighted by Gasteiger charge is 2.26. The molecule has 3 N–H and O–H groups in total. The predicted molar refractivity (Wildman–Crippen MR) is 72.5 cm³/mol. The number of aliphatic hydroxyl groups excluding tert-OH is 2. The van der Waals surface area contributed by atoms with Gasteiger partial charge in [0.25, 0.3) is 0 Å². The van der Waals surface area contributed by atoms with Crippen LogP contribution in [0.25, 0.3) is 0 Å². The molecule has 0 bridgehead atoms. The van der Waals surface area contributed by atoms with Crippen molar-refractivity contribution in [1.29, 1.82) is 0 Å². The number of rotatable bonds is 9. The summed E-state index contributed by atoms with van der Waals surface area (Å²) >= 11 is 0. The van der Waals surface area contributed by atoms with Crippen LogP contribution < -0.4 is 5.32 Å². The van der Waals surface area contributed by atoms with E-state index in [9.17, 15) is 5.11 Å². The van der Waals surface area contributed by atoms with E-state index in [1.54, 1.807) is 0 Å². The Balaban J connectivity index is 1.94. The van der Waals surface area contributed by atoms with Crippen LogP contribution in [0.1, 0.15) is 40.0 Å². The largest absolute Gasteiger partial charge is 0.393 e. The van der Waals surface area contributed by atoms with Gasteiger partial charge in [0.05, 0.1) is 24.9 Å². The normalized spacial score (nSPS) is 27.0. The van der Waals surface area contributed by atoms with Crippen molar-refractivity contribution in [3.05, 3.63) is 0 Å². The molecule has 1 fully saturated rings. The molecule has 1 aliphatic rings. The summed E-state index contributed by atoms with van der Waals surface area (Å²) in [6.07, 6.45) is 2.49. The molecule has 2 unspecified atom stereocenters. The molecule has 4 nitrogen and oxygen atoms in total. The molecular weight excluding hydrogens is 230 g/mol. The summed E-state index contributed by atoms with van der Waals surface area (Å²) < 4.78 is 5.60. The Morgan fingerprint density at radius 2 is 1.94 bits per heavy atom. The van der Waals surface area contributed by atoms with Crippen molar-refractivity contribution >= 4 is 0 Å². The maximum atomic E-state index is 9.75. The summed E-state index contributed by atoms with van der Waals surface area (Å²) in [6.45, 7) is 8.25. The van der Waals surface area contributed by atoms with E-state index in [0.717, 1.165) is 25.8 Å². The van der Waals surface area contributed by atoms with E-state index in [1.165, 1.54) is 0 Å². The number of nitrogens with one attached hydrogen (secondary N) is 1. The molecule has 0 aromatic carbocycles. The summed E-state index contributed by atoms with van der Waals surface area (Å²) in [7, 11) is 0. The van der Waals surface area contributed by atoms with E-state index in [4.69, 9.17) is 9.84 Å². The van der Waals surface area contributed by atoms with Gasteiger partial charge in [-0.05, 0) is 44.6 Å². The molecule has 4 heteroatoms. The van der Waals surface area contributed by atoms with Crippen LogP contribution in [0.4, 0.5) is 0 Å². The monoisotopic (exact) mass is 259 g/mol. The van der Waals surface area contributed by atoms with Crippen molar-refractivity contribution in [1.82, 2.24) is 5.32 Å². The Morgan fingerprint density at radius 3 is 2.50 bits per heavy atom. The molecule has 0 amide bonds. The molecule has 0 aromatic heterocycles. The Morgan fingerprint density at radius 1 is 1.28 bits per heavy atom. The fourth-order valence-electron chi connectivity index (χ4n) is 2.39. The first kappa shape index (κ1) is 15.9. The minimum atomic E-state index is -0.440. The Hall–Kier alpha value is -0.160. The third-order valence-electron chi connectivity index (χ3n) is 3.40. The minimum absolute atomic E-state index is 0.0954. The van der Waals surface area contributed by atoms with Crippen molar-refractivity contribution < 1.29 is 14.9 Å². The Kier molecular flexibility index (Phi) is 7.15. The van der Waals surface area contributed by atoms with Crippen LogP contribution >= 0.6 is 0 Å². The van der Waals surface area contributed by atoms with Gasteiger partial charge >= 0.3 is 0 Å². The van der Waals surface area contributed by atoms with E-state index in [-0.39, 0.29) is 12.2 Å². The zero-order valence-corrected chi connectivity index (χ0v) is 11.9. The standard InChI is InChI=1S/C14H29NO3/c1-10(2)4-11(3)18-9-14(17)8-15-7-12-5-13(16)6-12/h10-17H,4-9H2,1-3H3. The van der Waals surface area contributed by atoms with Crippen LogP contribution in [-0.4, -0.2) is 48.2 Å². The molecule has 0 aromatic rings. The second-order valence-corrected chi connectivity index (χ2v) is 6.08. The zero-order valence-electron chi connectivity index (χ0n) is 11.9. The van der Waals surface area contributed by atoms with Gasteiger partial charge in [-0.25, -0.2) is 0 Å². The molecule has 0 aliphatic heterocycles. The van der Waals surface area contributed by atoms with Crippen LogP contribution in [0.2, 0.25) is 0 Å². The Labute approximate surface area is 111 Å². The highest BCUT2D eigenvalue weighted by atomic mass is 16.5. The summed E-state index contributed by atoms with van der Waals surface area (Å²) in [5, 5.41) is 22.1. The lowest BCUT2D eigenvalue weighted by atomic mass is 9.82. The number of hydrogen-bond acceptors (Lipinski definition) is 4. The highest BCUT2D eigenvalue weighted by molar-refractivity contribution is 4.80. The van der Waals surface area contributed by atoms with Crippen LogP contribution in [0.15, 0.2) is 0 Å². The van der Waals surface area contributed by atoms with Crippen molar-refractivity contribution in [3.8, 4) is 0 Å². The summed E-state index contributed by atoms with van der Waals surface area (Å²) in [6, 6.07) is 0. The number of ether oxygens (including phenoxy) is 1. The highest BCUT2D eigenvalue weighted by Crippen LogP contribution is 2.25. The van der Waals surface area contributed by atoms with Gasteiger partial charge in [0, 0.05) is 6.54 Å². The average molecular weight is 259 g/mol. The van der Waals surface area contributed by atoms with Crippen LogP contribution in [0.3, 0.4) is 0 Å². The molecule has 1 aliphatic carbocycles. The maximum absolute atomic E-state index is 9.75. The first-order chi connectivity index (χ1) is 8.47. The lowest BCUT2D eigenvalue weighted by molar-refractivity contribution is -0.0103. The summed E-state index contributed by atoms with van der Waals surface area (Å²) in [5.41, 5.74) is 0. The topological polar surface area (TPSA) is 61.7 Å². The van der Waals surface area contributed by atoms with Crippen LogP contribution in [-0.2, 0) is 4.74 Å². The van der Waals surface area contributed by atoms with Gasteiger partial charge in [0.1, 0.15) is 0 Å². The van der Waals surface area contributed by atoms with Gasteiger partial charge in [0.15, 0.2) is 0 Å². The molecule has 0 spiro atoms. The first-order valence-corrected chi connectivity index (χ1v) is 7.15. The average Bonchev–Trinajstić information content (AvgIpc) is 2.23. The lowest BCUT2D eigenvalue weighted by Crippen LogP contribution is -2.39. The fraction of sp³-hybridized carbons (Fsp3) is 1.00.